The largest absolute Gasteiger partial charge is 0.478 e. The van der Waals surface area contributed by atoms with Crippen molar-refractivity contribution in [2.24, 2.45) is 0 Å². The van der Waals surface area contributed by atoms with E-state index >= 15 is 0 Å². The van der Waals surface area contributed by atoms with Crippen molar-refractivity contribution in [2.45, 2.75) is 13.5 Å². The summed E-state index contributed by atoms with van der Waals surface area (Å²) in [6.07, 6.45) is 1.51. The molecule has 0 atom stereocenters. The number of nitrogens with zero attached hydrogens (tertiary/aromatic N) is 1. The predicted molar refractivity (Wildman–Crippen MR) is 124 cm³/mol. The number of amides is 2. The van der Waals surface area contributed by atoms with Gasteiger partial charge >= 0.3 is 5.97 Å². The van der Waals surface area contributed by atoms with E-state index in [1.807, 2.05) is 0 Å². The second-order valence-electron chi connectivity index (χ2n) is 7.04. The molecule has 4 rings (SSSR count). The van der Waals surface area contributed by atoms with Crippen LogP contribution < -0.4 is 0 Å². The van der Waals surface area contributed by atoms with Crippen LogP contribution in [0.1, 0.15) is 27.2 Å². The van der Waals surface area contributed by atoms with Gasteiger partial charge in [-0.05, 0) is 66.2 Å². The summed E-state index contributed by atoms with van der Waals surface area (Å²) < 4.78 is 5.83. The standard InChI is InChI=1S/C23H15Cl2NO5S/c1-12-8-13(22(28)29)3-6-17(12)19-7-5-16(31-19)10-20-21(27)26(23(30)32-20)11-14-2-4-15(24)9-18(14)25/h2-10H,11H2,1H3,(H,28,29)/b20-10-. The van der Waals surface area contributed by atoms with Gasteiger partial charge in [-0.25, -0.2) is 4.79 Å². The Labute approximate surface area is 197 Å². The first-order valence-corrected chi connectivity index (χ1v) is 10.9. The number of aryl methyl sites for hydroxylation is 1. The van der Waals surface area contributed by atoms with Gasteiger partial charge < -0.3 is 9.52 Å². The summed E-state index contributed by atoms with van der Waals surface area (Å²) in [7, 11) is 0. The van der Waals surface area contributed by atoms with Crippen LogP contribution in [0.25, 0.3) is 17.4 Å². The van der Waals surface area contributed by atoms with Crippen molar-refractivity contribution in [3.63, 3.8) is 0 Å². The van der Waals surface area contributed by atoms with Crippen LogP contribution >= 0.6 is 35.0 Å². The van der Waals surface area contributed by atoms with E-state index in [2.05, 4.69) is 0 Å². The highest BCUT2D eigenvalue weighted by Gasteiger charge is 2.35. The molecule has 32 heavy (non-hydrogen) atoms. The van der Waals surface area contributed by atoms with Gasteiger partial charge in [-0.3, -0.25) is 14.5 Å². The number of carbonyl (C=O) groups is 3. The normalized spacial score (nSPS) is 15.1. The third-order valence-electron chi connectivity index (χ3n) is 4.86. The Morgan fingerprint density at radius 3 is 2.59 bits per heavy atom. The second-order valence-corrected chi connectivity index (χ2v) is 8.88. The Morgan fingerprint density at radius 2 is 1.91 bits per heavy atom. The van der Waals surface area contributed by atoms with Gasteiger partial charge in [0.05, 0.1) is 17.0 Å². The first-order valence-electron chi connectivity index (χ1n) is 9.36. The fraction of sp³-hybridized carbons (Fsp3) is 0.0870. The zero-order valence-corrected chi connectivity index (χ0v) is 18.9. The Morgan fingerprint density at radius 1 is 1.12 bits per heavy atom. The predicted octanol–water partition coefficient (Wildman–Crippen LogP) is 6.50. The van der Waals surface area contributed by atoms with E-state index in [-0.39, 0.29) is 17.0 Å². The number of carbonyl (C=O) groups excluding carboxylic acids is 2. The number of furan rings is 1. The summed E-state index contributed by atoms with van der Waals surface area (Å²) >= 11 is 12.9. The fourth-order valence-corrected chi connectivity index (χ4v) is 4.52. The first kappa shape index (κ1) is 22.2. The molecule has 2 amide bonds. The van der Waals surface area contributed by atoms with Gasteiger partial charge in [-0.1, -0.05) is 35.3 Å². The molecule has 1 saturated heterocycles. The summed E-state index contributed by atoms with van der Waals surface area (Å²) in [4.78, 5) is 37.7. The summed E-state index contributed by atoms with van der Waals surface area (Å²) in [5.74, 6) is -0.518. The molecule has 0 unspecified atom stereocenters. The lowest BCUT2D eigenvalue weighted by molar-refractivity contribution is -0.123. The molecule has 2 heterocycles. The third kappa shape index (κ3) is 4.46. The van der Waals surface area contributed by atoms with Crippen molar-refractivity contribution < 1.29 is 23.9 Å². The van der Waals surface area contributed by atoms with Crippen LogP contribution in [0.3, 0.4) is 0 Å². The number of aromatic carboxylic acids is 1. The molecule has 1 aliphatic heterocycles. The van der Waals surface area contributed by atoms with E-state index in [0.29, 0.717) is 27.1 Å². The van der Waals surface area contributed by atoms with Gasteiger partial charge in [0.25, 0.3) is 11.1 Å². The molecule has 9 heteroatoms. The monoisotopic (exact) mass is 487 g/mol. The van der Waals surface area contributed by atoms with Gasteiger partial charge in [-0.2, -0.15) is 0 Å². The molecule has 1 aromatic heterocycles. The van der Waals surface area contributed by atoms with Crippen molar-refractivity contribution in [2.75, 3.05) is 0 Å². The second kappa shape index (κ2) is 8.86. The number of imide groups is 1. The van der Waals surface area contributed by atoms with Crippen molar-refractivity contribution in [1.82, 2.24) is 4.90 Å². The topological polar surface area (TPSA) is 87.8 Å². The molecular formula is C23H15Cl2NO5S. The number of hydrogen-bond acceptors (Lipinski definition) is 5. The minimum Gasteiger partial charge on any atom is -0.478 e. The van der Waals surface area contributed by atoms with E-state index in [0.717, 1.165) is 27.8 Å². The van der Waals surface area contributed by atoms with Crippen LogP contribution in [0.2, 0.25) is 10.0 Å². The minimum atomic E-state index is -1.00. The Balaban J connectivity index is 1.55. The average molecular weight is 488 g/mol. The maximum Gasteiger partial charge on any atom is 0.335 e. The van der Waals surface area contributed by atoms with Crippen molar-refractivity contribution >= 4 is 58.2 Å². The molecule has 1 aliphatic rings. The van der Waals surface area contributed by atoms with E-state index < -0.39 is 17.1 Å². The number of hydrogen-bond donors (Lipinski definition) is 1. The zero-order chi connectivity index (χ0) is 23.0. The Bertz CT molecular complexity index is 1300. The van der Waals surface area contributed by atoms with E-state index in [1.54, 1.807) is 49.4 Å². The molecule has 3 aromatic rings. The van der Waals surface area contributed by atoms with Crippen LogP contribution in [0.4, 0.5) is 4.79 Å². The van der Waals surface area contributed by atoms with E-state index in [4.69, 9.17) is 32.7 Å². The van der Waals surface area contributed by atoms with E-state index in [9.17, 15) is 14.4 Å². The number of halogens is 2. The summed E-state index contributed by atoms with van der Waals surface area (Å²) in [5.41, 5.74) is 2.28. The molecule has 6 nitrogen and oxygen atoms in total. The number of carboxylic acid groups (broad SMARTS) is 1. The van der Waals surface area contributed by atoms with Gasteiger partial charge in [0.15, 0.2) is 0 Å². The van der Waals surface area contributed by atoms with Crippen LogP contribution in [-0.4, -0.2) is 27.1 Å². The van der Waals surface area contributed by atoms with Gasteiger partial charge in [0.1, 0.15) is 11.5 Å². The molecule has 1 fully saturated rings. The molecule has 0 bridgehead atoms. The van der Waals surface area contributed by atoms with Crippen molar-refractivity contribution in [3.8, 4) is 11.3 Å². The highest BCUT2D eigenvalue weighted by Crippen LogP contribution is 2.35. The molecule has 0 saturated carbocycles. The van der Waals surface area contributed by atoms with Crippen LogP contribution in [0.15, 0.2) is 57.9 Å². The molecule has 162 valence electrons. The lowest BCUT2D eigenvalue weighted by atomic mass is 10.0. The van der Waals surface area contributed by atoms with Crippen molar-refractivity contribution in [1.29, 1.82) is 0 Å². The fourth-order valence-electron chi connectivity index (χ4n) is 3.23. The number of benzene rings is 2. The Hall–Kier alpha value is -3.00. The summed E-state index contributed by atoms with van der Waals surface area (Å²) in [6, 6.07) is 13.0. The van der Waals surface area contributed by atoms with Crippen LogP contribution in [-0.2, 0) is 11.3 Å². The van der Waals surface area contributed by atoms with Crippen LogP contribution in [0, 0.1) is 6.92 Å². The first-order chi connectivity index (χ1) is 15.2. The smallest absolute Gasteiger partial charge is 0.335 e. The molecule has 2 aromatic carbocycles. The maximum absolute atomic E-state index is 12.8. The lowest BCUT2D eigenvalue weighted by Crippen LogP contribution is -2.27. The quantitative estimate of drug-likeness (QED) is 0.413. The minimum absolute atomic E-state index is 0.0382. The lowest BCUT2D eigenvalue weighted by Gasteiger charge is -2.13. The summed E-state index contributed by atoms with van der Waals surface area (Å²) in [6.45, 7) is 1.83. The zero-order valence-electron chi connectivity index (χ0n) is 16.6. The number of thioether (sulfide) groups is 1. The van der Waals surface area contributed by atoms with Gasteiger partial charge in [0, 0.05) is 21.7 Å². The van der Waals surface area contributed by atoms with Gasteiger partial charge in [-0.15, -0.1) is 0 Å². The summed E-state index contributed by atoms with van der Waals surface area (Å²) in [5, 5.41) is 9.55. The van der Waals surface area contributed by atoms with Crippen LogP contribution in [0.5, 0.6) is 0 Å². The molecule has 0 aliphatic carbocycles. The SMILES string of the molecule is Cc1cc(C(=O)O)ccc1-c1ccc(/C=C2\SC(=O)N(Cc3ccc(Cl)cc3Cl)C2=O)o1. The Kier molecular flexibility index (Phi) is 6.15. The molecule has 0 radical (unpaired) electrons. The van der Waals surface area contributed by atoms with Crippen molar-refractivity contribution in [3.05, 3.63) is 85.9 Å². The maximum atomic E-state index is 12.8. The average Bonchev–Trinajstić information content (AvgIpc) is 3.29. The molecule has 0 spiro atoms. The highest BCUT2D eigenvalue weighted by molar-refractivity contribution is 8.18. The highest BCUT2D eigenvalue weighted by atomic mass is 35.5. The van der Waals surface area contributed by atoms with Gasteiger partial charge in [0.2, 0.25) is 0 Å². The molecular weight excluding hydrogens is 473 g/mol. The van der Waals surface area contributed by atoms with E-state index in [1.165, 1.54) is 12.1 Å². The molecule has 1 N–H and O–H groups in total. The number of carboxylic acids is 1. The third-order valence-corrected chi connectivity index (χ3v) is 6.35. The number of rotatable bonds is 5.